The third-order valence-corrected chi connectivity index (χ3v) is 4.91. The van der Waals surface area contributed by atoms with E-state index in [9.17, 15) is 24.5 Å². The van der Waals surface area contributed by atoms with Gasteiger partial charge in [0.05, 0.1) is 4.92 Å². The fourth-order valence-electron chi connectivity index (χ4n) is 3.56. The number of carbonyl (C=O) groups excluding carboxylic acids is 3. The Balaban J connectivity index is 2.06. The first kappa shape index (κ1) is 18.6. The van der Waals surface area contributed by atoms with E-state index in [0.717, 1.165) is 19.4 Å². The molecule has 142 valence electrons. The Morgan fingerprint density at radius 1 is 1.19 bits per heavy atom. The molecule has 2 heterocycles. The molecular formula is C18H20N4O5. The van der Waals surface area contributed by atoms with E-state index in [0.29, 0.717) is 17.2 Å². The molecule has 1 aromatic rings. The maximum absolute atomic E-state index is 12.0. The summed E-state index contributed by atoms with van der Waals surface area (Å²) in [5.74, 6) is -1.08. The Kier molecular flexibility index (Phi) is 4.93. The first-order valence-corrected chi connectivity index (χ1v) is 8.69. The lowest BCUT2D eigenvalue weighted by atomic mass is 9.92. The molecule has 27 heavy (non-hydrogen) atoms. The van der Waals surface area contributed by atoms with Crippen molar-refractivity contribution in [1.82, 2.24) is 10.6 Å². The van der Waals surface area contributed by atoms with E-state index in [1.165, 1.54) is 18.2 Å². The van der Waals surface area contributed by atoms with Gasteiger partial charge >= 0.3 is 6.03 Å². The van der Waals surface area contributed by atoms with Crippen LogP contribution in [-0.4, -0.2) is 35.4 Å². The molecule has 2 atom stereocenters. The van der Waals surface area contributed by atoms with Crippen molar-refractivity contribution in [3.8, 4) is 0 Å². The molecule has 1 aromatic carbocycles. The van der Waals surface area contributed by atoms with E-state index < -0.39 is 22.8 Å². The topological polar surface area (TPSA) is 122 Å². The molecule has 2 aliphatic rings. The second kappa shape index (κ2) is 7.18. The highest BCUT2D eigenvalue weighted by Gasteiger charge is 2.30. The van der Waals surface area contributed by atoms with E-state index in [-0.39, 0.29) is 17.3 Å². The summed E-state index contributed by atoms with van der Waals surface area (Å²) in [6.45, 7) is 5.03. The molecule has 0 radical (unpaired) electrons. The zero-order valence-electron chi connectivity index (χ0n) is 15.0. The Labute approximate surface area is 155 Å². The van der Waals surface area contributed by atoms with Gasteiger partial charge in [0.2, 0.25) is 0 Å². The number of urea groups is 1. The van der Waals surface area contributed by atoms with E-state index >= 15 is 0 Å². The van der Waals surface area contributed by atoms with Crippen LogP contribution < -0.4 is 15.5 Å². The second-order valence-electron chi connectivity index (χ2n) is 6.97. The maximum Gasteiger partial charge on any atom is 0.328 e. The minimum absolute atomic E-state index is 0.142. The number of anilines is 1. The number of nitro benzene ring substituents is 1. The quantitative estimate of drug-likeness (QED) is 0.362. The lowest BCUT2D eigenvalue weighted by molar-refractivity contribution is -0.384. The van der Waals surface area contributed by atoms with Gasteiger partial charge in [-0.15, -0.1) is 0 Å². The molecule has 0 saturated carbocycles. The number of hydrogen-bond acceptors (Lipinski definition) is 6. The lowest BCUT2D eigenvalue weighted by Crippen LogP contribution is -2.51. The van der Waals surface area contributed by atoms with Crippen LogP contribution in [0, 0.1) is 16.0 Å². The van der Waals surface area contributed by atoms with E-state index in [1.807, 2.05) is 10.6 Å². The lowest BCUT2D eigenvalue weighted by Gasteiger charge is -2.39. The number of benzene rings is 1. The minimum Gasteiger partial charge on any atom is -0.368 e. The largest absolute Gasteiger partial charge is 0.368 e. The third-order valence-electron chi connectivity index (χ3n) is 4.91. The van der Waals surface area contributed by atoms with Gasteiger partial charge in [-0.2, -0.15) is 0 Å². The SMILES string of the molecule is C[C@H]1CCN(c2ccc([N+](=O)[O-])cc2C=C2C(=O)NC(=O)NC2=O)[C@@H](C)C1. The monoisotopic (exact) mass is 372 g/mol. The zero-order chi connectivity index (χ0) is 19.7. The number of piperidine rings is 1. The van der Waals surface area contributed by atoms with Crippen LogP contribution in [0.2, 0.25) is 0 Å². The van der Waals surface area contributed by atoms with Gasteiger partial charge in [0.15, 0.2) is 0 Å². The molecule has 9 heteroatoms. The average Bonchev–Trinajstić information content (AvgIpc) is 2.58. The van der Waals surface area contributed by atoms with Crippen LogP contribution in [-0.2, 0) is 9.59 Å². The number of imide groups is 2. The van der Waals surface area contributed by atoms with E-state index in [4.69, 9.17) is 0 Å². The Bertz CT molecular complexity index is 841. The van der Waals surface area contributed by atoms with Crippen molar-refractivity contribution in [2.75, 3.05) is 11.4 Å². The molecule has 0 spiro atoms. The van der Waals surface area contributed by atoms with Crippen LogP contribution >= 0.6 is 0 Å². The summed E-state index contributed by atoms with van der Waals surface area (Å²) in [7, 11) is 0. The summed E-state index contributed by atoms with van der Waals surface area (Å²) < 4.78 is 0. The van der Waals surface area contributed by atoms with E-state index in [1.54, 1.807) is 6.07 Å². The highest BCUT2D eigenvalue weighted by atomic mass is 16.6. The number of amides is 4. The van der Waals surface area contributed by atoms with E-state index in [2.05, 4.69) is 18.7 Å². The molecular weight excluding hydrogens is 352 g/mol. The normalized spacial score (nSPS) is 23.0. The number of nitro groups is 1. The molecule has 2 aliphatic heterocycles. The number of rotatable bonds is 3. The van der Waals surface area contributed by atoms with Crippen LogP contribution in [0.25, 0.3) is 6.08 Å². The van der Waals surface area contributed by atoms with Crippen molar-refractivity contribution < 1.29 is 19.3 Å². The zero-order valence-corrected chi connectivity index (χ0v) is 15.0. The summed E-state index contributed by atoms with van der Waals surface area (Å²) in [6.07, 6.45) is 3.25. The summed E-state index contributed by atoms with van der Waals surface area (Å²) >= 11 is 0. The molecule has 0 aliphatic carbocycles. The molecule has 0 aromatic heterocycles. The molecule has 2 fully saturated rings. The van der Waals surface area contributed by atoms with Gasteiger partial charge in [-0.25, -0.2) is 4.79 Å². The first-order chi connectivity index (χ1) is 12.8. The van der Waals surface area contributed by atoms with Crippen molar-refractivity contribution in [1.29, 1.82) is 0 Å². The Hall–Kier alpha value is -3.23. The van der Waals surface area contributed by atoms with Gasteiger partial charge in [-0.05, 0) is 37.8 Å². The Morgan fingerprint density at radius 3 is 2.44 bits per heavy atom. The van der Waals surface area contributed by atoms with Crippen LogP contribution in [0.3, 0.4) is 0 Å². The molecule has 2 N–H and O–H groups in total. The van der Waals surface area contributed by atoms with Crippen LogP contribution in [0.5, 0.6) is 0 Å². The number of nitrogens with zero attached hydrogens (tertiary/aromatic N) is 2. The molecule has 9 nitrogen and oxygen atoms in total. The van der Waals surface area contributed by atoms with Crippen molar-refractivity contribution >= 4 is 35.3 Å². The maximum atomic E-state index is 12.0. The van der Waals surface area contributed by atoms with Gasteiger partial charge in [0.1, 0.15) is 5.57 Å². The number of non-ortho nitro benzene ring substituents is 1. The third kappa shape index (κ3) is 3.81. The van der Waals surface area contributed by atoms with Crippen molar-refractivity contribution in [2.24, 2.45) is 5.92 Å². The highest BCUT2D eigenvalue weighted by molar-refractivity contribution is 6.31. The molecule has 3 rings (SSSR count). The van der Waals surface area contributed by atoms with Crippen LogP contribution in [0.4, 0.5) is 16.2 Å². The molecule has 4 amide bonds. The second-order valence-corrected chi connectivity index (χ2v) is 6.97. The minimum atomic E-state index is -0.889. The fourth-order valence-corrected chi connectivity index (χ4v) is 3.56. The average molecular weight is 372 g/mol. The summed E-state index contributed by atoms with van der Waals surface area (Å²) in [5, 5.41) is 15.2. The predicted molar refractivity (Wildman–Crippen MR) is 98.0 cm³/mol. The number of nitrogens with one attached hydrogen (secondary N) is 2. The van der Waals surface area contributed by atoms with Crippen molar-refractivity contribution in [3.05, 3.63) is 39.4 Å². The summed E-state index contributed by atoms with van der Waals surface area (Å²) in [5.41, 5.74) is 0.691. The Morgan fingerprint density at radius 2 is 1.85 bits per heavy atom. The smallest absolute Gasteiger partial charge is 0.328 e. The molecule has 0 unspecified atom stereocenters. The highest BCUT2D eigenvalue weighted by Crippen LogP contribution is 2.33. The number of carbonyl (C=O) groups is 3. The predicted octanol–water partition coefficient (Wildman–Crippen LogP) is 1.97. The van der Waals surface area contributed by atoms with Gasteiger partial charge < -0.3 is 4.90 Å². The van der Waals surface area contributed by atoms with Gasteiger partial charge in [-0.1, -0.05) is 6.92 Å². The van der Waals surface area contributed by atoms with Crippen LogP contribution in [0.1, 0.15) is 32.3 Å². The van der Waals surface area contributed by atoms with Gasteiger partial charge in [0, 0.05) is 36.0 Å². The first-order valence-electron chi connectivity index (χ1n) is 8.69. The van der Waals surface area contributed by atoms with Crippen molar-refractivity contribution in [2.45, 2.75) is 32.7 Å². The molecule has 0 bridgehead atoms. The number of hydrogen-bond donors (Lipinski definition) is 2. The van der Waals surface area contributed by atoms with Crippen molar-refractivity contribution in [3.63, 3.8) is 0 Å². The summed E-state index contributed by atoms with van der Waals surface area (Å²) in [6, 6.07) is 3.71. The standard InChI is InChI=1S/C18H20N4O5/c1-10-5-6-21(11(2)7-10)15-4-3-13(22(26)27)8-12(15)9-14-16(23)19-18(25)20-17(14)24/h3-4,8-11H,5-7H2,1-2H3,(H2,19,20,23,24,25)/t10-,11-/m0/s1. The molecule has 2 saturated heterocycles. The van der Waals surface area contributed by atoms with Crippen LogP contribution in [0.15, 0.2) is 23.8 Å². The van der Waals surface area contributed by atoms with Gasteiger partial charge in [-0.3, -0.25) is 30.3 Å². The summed E-state index contributed by atoms with van der Waals surface area (Å²) in [4.78, 5) is 48.0. The van der Waals surface area contributed by atoms with Gasteiger partial charge in [0.25, 0.3) is 17.5 Å². The fraction of sp³-hybridized carbons (Fsp3) is 0.389. The number of barbiturate groups is 1.